The number of ether oxygens (including phenoxy) is 3. The number of benzene rings is 1. The molecule has 3 N–H and O–H groups in total. The summed E-state index contributed by atoms with van der Waals surface area (Å²) in [6.07, 6.45) is -0.0488. The fraction of sp³-hybridized carbons (Fsp3) is 0.571. The van der Waals surface area contributed by atoms with E-state index in [4.69, 9.17) is 20.1 Å². The fourth-order valence-electron chi connectivity index (χ4n) is 2.23. The molecule has 0 radical (unpaired) electrons. The van der Waals surface area contributed by atoms with Crippen LogP contribution in [0.4, 0.5) is 0 Å². The van der Waals surface area contributed by atoms with Gasteiger partial charge in [0.15, 0.2) is 0 Å². The summed E-state index contributed by atoms with van der Waals surface area (Å²) in [4.78, 5) is 0. The maximum absolute atomic E-state index is 5.70. The Kier molecular flexibility index (Phi) is 6.08. The predicted octanol–water partition coefficient (Wildman–Crippen LogP) is 1.88. The van der Waals surface area contributed by atoms with Crippen LogP contribution in [-0.2, 0) is 4.74 Å². The quantitative estimate of drug-likeness (QED) is 0.584. The first-order chi connectivity index (χ1) is 9.08. The minimum absolute atomic E-state index is 0.0488. The Labute approximate surface area is 115 Å². The van der Waals surface area contributed by atoms with Gasteiger partial charge in [-0.2, -0.15) is 0 Å². The molecule has 1 aromatic carbocycles. The van der Waals surface area contributed by atoms with E-state index in [1.54, 1.807) is 21.3 Å². The Morgan fingerprint density at radius 1 is 1.11 bits per heavy atom. The zero-order valence-corrected chi connectivity index (χ0v) is 12.3. The van der Waals surface area contributed by atoms with Crippen molar-refractivity contribution in [3.63, 3.8) is 0 Å². The van der Waals surface area contributed by atoms with Crippen LogP contribution in [0.15, 0.2) is 18.2 Å². The molecular weight excluding hydrogens is 244 g/mol. The summed E-state index contributed by atoms with van der Waals surface area (Å²) in [7, 11) is 4.94. The van der Waals surface area contributed by atoms with Crippen LogP contribution in [0.5, 0.6) is 11.5 Å². The third kappa shape index (κ3) is 3.59. The highest BCUT2D eigenvalue weighted by atomic mass is 16.5. The minimum atomic E-state index is -0.147. The number of nitrogens with two attached hydrogens (primary N) is 1. The molecule has 0 aliphatic carbocycles. The molecule has 0 amide bonds. The summed E-state index contributed by atoms with van der Waals surface area (Å²) in [6, 6.07) is 5.52. The van der Waals surface area contributed by atoms with Crippen LogP contribution < -0.4 is 20.7 Å². The highest BCUT2D eigenvalue weighted by Gasteiger charge is 2.27. The van der Waals surface area contributed by atoms with Crippen molar-refractivity contribution in [3.8, 4) is 11.5 Å². The second kappa shape index (κ2) is 7.33. The van der Waals surface area contributed by atoms with E-state index < -0.39 is 0 Å². The van der Waals surface area contributed by atoms with Crippen molar-refractivity contribution in [2.24, 2.45) is 11.8 Å². The van der Waals surface area contributed by atoms with Crippen molar-refractivity contribution in [1.82, 2.24) is 5.43 Å². The number of rotatable bonds is 7. The van der Waals surface area contributed by atoms with Crippen LogP contribution >= 0.6 is 0 Å². The lowest BCUT2D eigenvalue weighted by molar-refractivity contribution is 0.0319. The van der Waals surface area contributed by atoms with E-state index in [2.05, 4.69) is 19.3 Å². The molecule has 1 rings (SSSR count). The van der Waals surface area contributed by atoms with Crippen molar-refractivity contribution in [2.45, 2.75) is 26.0 Å². The average Bonchev–Trinajstić information content (AvgIpc) is 2.43. The van der Waals surface area contributed by atoms with Gasteiger partial charge < -0.3 is 14.2 Å². The molecular formula is C14H24N2O3. The lowest BCUT2D eigenvalue weighted by Gasteiger charge is -2.29. The number of hydrogen-bond acceptors (Lipinski definition) is 5. The highest BCUT2D eigenvalue weighted by molar-refractivity contribution is 5.43. The monoisotopic (exact) mass is 268 g/mol. The van der Waals surface area contributed by atoms with Crippen LogP contribution in [0.1, 0.15) is 25.5 Å². The van der Waals surface area contributed by atoms with Gasteiger partial charge in [0, 0.05) is 18.7 Å². The Bertz CT molecular complexity index is 396. The van der Waals surface area contributed by atoms with Gasteiger partial charge in [0.1, 0.15) is 11.5 Å². The number of hydrazine groups is 1. The standard InChI is InChI=1S/C14H24N2O3/c1-9(2)14(19-5)13(16-15)11-7-6-10(17-3)8-12(11)18-4/h6-9,13-14,16H,15H2,1-5H3. The van der Waals surface area contributed by atoms with Gasteiger partial charge in [-0.05, 0) is 18.1 Å². The minimum Gasteiger partial charge on any atom is -0.497 e. The second-order valence-electron chi connectivity index (χ2n) is 4.70. The molecule has 0 aromatic heterocycles. The third-order valence-electron chi connectivity index (χ3n) is 3.21. The van der Waals surface area contributed by atoms with E-state index in [1.807, 2.05) is 18.2 Å². The normalized spacial score (nSPS) is 14.3. The van der Waals surface area contributed by atoms with E-state index in [1.165, 1.54) is 0 Å². The molecule has 0 aliphatic heterocycles. The fourth-order valence-corrected chi connectivity index (χ4v) is 2.23. The van der Waals surface area contributed by atoms with Crippen molar-refractivity contribution >= 4 is 0 Å². The van der Waals surface area contributed by atoms with Crippen LogP contribution in [0, 0.1) is 5.92 Å². The summed E-state index contributed by atoms with van der Waals surface area (Å²) < 4.78 is 16.2. The summed E-state index contributed by atoms with van der Waals surface area (Å²) in [6.45, 7) is 4.18. The number of hydrogen-bond donors (Lipinski definition) is 2. The summed E-state index contributed by atoms with van der Waals surface area (Å²) in [5, 5.41) is 0. The van der Waals surface area contributed by atoms with E-state index in [-0.39, 0.29) is 12.1 Å². The van der Waals surface area contributed by atoms with E-state index in [9.17, 15) is 0 Å². The van der Waals surface area contributed by atoms with Gasteiger partial charge in [-0.1, -0.05) is 13.8 Å². The van der Waals surface area contributed by atoms with Crippen LogP contribution in [0.3, 0.4) is 0 Å². The Hall–Kier alpha value is -1.30. The molecule has 0 heterocycles. The maximum atomic E-state index is 5.70. The van der Waals surface area contributed by atoms with Crippen molar-refractivity contribution in [1.29, 1.82) is 0 Å². The van der Waals surface area contributed by atoms with Gasteiger partial charge in [0.05, 0.1) is 26.4 Å². The van der Waals surface area contributed by atoms with E-state index in [0.717, 1.165) is 17.1 Å². The van der Waals surface area contributed by atoms with E-state index >= 15 is 0 Å². The molecule has 2 unspecified atom stereocenters. The molecule has 19 heavy (non-hydrogen) atoms. The van der Waals surface area contributed by atoms with E-state index in [0.29, 0.717) is 5.92 Å². The largest absolute Gasteiger partial charge is 0.497 e. The molecule has 2 atom stereocenters. The van der Waals surface area contributed by atoms with Gasteiger partial charge in [-0.25, -0.2) is 0 Å². The average molecular weight is 268 g/mol. The van der Waals surface area contributed by atoms with Gasteiger partial charge in [-0.3, -0.25) is 11.3 Å². The zero-order valence-electron chi connectivity index (χ0n) is 12.3. The molecule has 5 heteroatoms. The Balaban J connectivity index is 3.16. The van der Waals surface area contributed by atoms with Crippen LogP contribution in [-0.4, -0.2) is 27.4 Å². The predicted molar refractivity (Wildman–Crippen MR) is 75.2 cm³/mol. The smallest absolute Gasteiger partial charge is 0.127 e. The molecule has 0 aliphatic rings. The second-order valence-corrected chi connectivity index (χ2v) is 4.70. The molecule has 1 aromatic rings. The summed E-state index contributed by atoms with van der Waals surface area (Å²) in [5.74, 6) is 7.49. The molecule has 5 nitrogen and oxygen atoms in total. The van der Waals surface area contributed by atoms with Crippen molar-refractivity contribution < 1.29 is 14.2 Å². The number of nitrogens with one attached hydrogen (secondary N) is 1. The van der Waals surface area contributed by atoms with Gasteiger partial charge in [-0.15, -0.1) is 0 Å². The highest BCUT2D eigenvalue weighted by Crippen LogP contribution is 2.33. The first kappa shape index (κ1) is 15.8. The topological polar surface area (TPSA) is 65.7 Å². The molecule has 0 saturated carbocycles. The molecule has 0 saturated heterocycles. The molecule has 108 valence electrons. The first-order valence-electron chi connectivity index (χ1n) is 6.29. The van der Waals surface area contributed by atoms with Crippen LogP contribution in [0.25, 0.3) is 0 Å². The van der Waals surface area contributed by atoms with Crippen LogP contribution in [0.2, 0.25) is 0 Å². The zero-order chi connectivity index (χ0) is 14.4. The lowest BCUT2D eigenvalue weighted by atomic mass is 9.93. The van der Waals surface area contributed by atoms with Gasteiger partial charge in [0.2, 0.25) is 0 Å². The molecule has 0 fully saturated rings. The van der Waals surface area contributed by atoms with Crippen molar-refractivity contribution in [2.75, 3.05) is 21.3 Å². The van der Waals surface area contributed by atoms with Gasteiger partial charge in [0.25, 0.3) is 0 Å². The summed E-state index contributed by atoms with van der Waals surface area (Å²) in [5.41, 5.74) is 3.77. The number of methoxy groups -OCH3 is 3. The van der Waals surface area contributed by atoms with Crippen molar-refractivity contribution in [3.05, 3.63) is 23.8 Å². The lowest BCUT2D eigenvalue weighted by Crippen LogP contribution is -2.40. The molecule has 0 bridgehead atoms. The third-order valence-corrected chi connectivity index (χ3v) is 3.21. The summed E-state index contributed by atoms with van der Waals surface area (Å²) >= 11 is 0. The Morgan fingerprint density at radius 2 is 1.79 bits per heavy atom. The first-order valence-corrected chi connectivity index (χ1v) is 6.29. The molecule has 0 spiro atoms. The van der Waals surface area contributed by atoms with Gasteiger partial charge >= 0.3 is 0 Å². The SMILES string of the molecule is COc1ccc(C(NN)C(OC)C(C)C)c(OC)c1. The maximum Gasteiger partial charge on any atom is 0.127 e. The Morgan fingerprint density at radius 3 is 2.21 bits per heavy atom.